The summed E-state index contributed by atoms with van der Waals surface area (Å²) in [5.41, 5.74) is 7.18. The lowest BCUT2D eigenvalue weighted by Gasteiger charge is -2.16. The van der Waals surface area contributed by atoms with Gasteiger partial charge in [-0.15, -0.1) is 0 Å². The fourth-order valence-electron chi connectivity index (χ4n) is 2.23. The van der Waals surface area contributed by atoms with Crippen LogP contribution in [0.3, 0.4) is 0 Å². The van der Waals surface area contributed by atoms with Crippen LogP contribution in [0.2, 0.25) is 0 Å². The van der Waals surface area contributed by atoms with Crippen molar-refractivity contribution < 1.29 is 0 Å². The van der Waals surface area contributed by atoms with Crippen molar-refractivity contribution in [3.05, 3.63) is 48.0 Å². The number of benzene rings is 1. The molecular formula is C15H22N4. The van der Waals surface area contributed by atoms with Gasteiger partial charge in [0.2, 0.25) is 0 Å². The first-order valence-electron chi connectivity index (χ1n) is 6.82. The van der Waals surface area contributed by atoms with Crippen molar-refractivity contribution in [2.45, 2.75) is 32.7 Å². The smallest absolute Gasteiger partial charge is 0.138 e. The molecule has 0 saturated heterocycles. The Hall–Kier alpha value is -1.68. The van der Waals surface area contributed by atoms with Crippen molar-refractivity contribution in [1.82, 2.24) is 14.8 Å². The average Bonchev–Trinajstić information content (AvgIpc) is 2.83. The predicted molar refractivity (Wildman–Crippen MR) is 76.8 cm³/mol. The third-order valence-corrected chi connectivity index (χ3v) is 3.22. The van der Waals surface area contributed by atoms with E-state index in [9.17, 15) is 0 Å². The molecule has 2 rings (SSSR count). The molecule has 0 aliphatic rings. The van der Waals surface area contributed by atoms with Gasteiger partial charge in [0.05, 0.1) is 0 Å². The summed E-state index contributed by atoms with van der Waals surface area (Å²) in [4.78, 5) is 4.38. The highest BCUT2D eigenvalue weighted by Gasteiger charge is 2.14. The Bertz CT molecular complexity index is 490. The Labute approximate surface area is 114 Å². The molecule has 1 atom stereocenters. The Morgan fingerprint density at radius 1 is 1.21 bits per heavy atom. The molecule has 4 nitrogen and oxygen atoms in total. The zero-order valence-corrected chi connectivity index (χ0v) is 11.7. The van der Waals surface area contributed by atoms with Gasteiger partial charge in [0.15, 0.2) is 0 Å². The summed E-state index contributed by atoms with van der Waals surface area (Å²) in [6.07, 6.45) is 2.48. The summed E-state index contributed by atoms with van der Waals surface area (Å²) in [5, 5.41) is 4.30. The molecule has 0 saturated carbocycles. The topological polar surface area (TPSA) is 56.7 Å². The third kappa shape index (κ3) is 3.64. The number of hydrogen-bond donors (Lipinski definition) is 1. The molecule has 4 heteroatoms. The number of nitrogens with two attached hydrogens (primary N) is 1. The van der Waals surface area contributed by atoms with E-state index in [2.05, 4.69) is 48.2 Å². The maximum Gasteiger partial charge on any atom is 0.138 e. The predicted octanol–water partition coefficient (Wildman–Crippen LogP) is 2.22. The number of rotatable bonds is 6. The number of aromatic nitrogens is 3. The molecule has 0 radical (unpaired) electrons. The quantitative estimate of drug-likeness (QED) is 0.864. The monoisotopic (exact) mass is 258 g/mol. The highest BCUT2D eigenvalue weighted by molar-refractivity contribution is 5.21. The van der Waals surface area contributed by atoms with Gasteiger partial charge in [0.1, 0.15) is 12.2 Å². The molecule has 1 heterocycles. The normalized spacial score (nSPS) is 12.8. The van der Waals surface area contributed by atoms with E-state index in [1.165, 1.54) is 5.56 Å². The van der Waals surface area contributed by atoms with Gasteiger partial charge in [-0.2, -0.15) is 5.10 Å². The standard InChI is InChI=1S/C15H22N4/c1-12(2)10-19-15(17-11-18-19)8-14(9-16)13-6-4-3-5-7-13/h3-7,11-12,14H,8-10,16H2,1-2H3. The lowest BCUT2D eigenvalue weighted by Crippen LogP contribution is -2.19. The van der Waals surface area contributed by atoms with E-state index in [0.717, 1.165) is 18.8 Å². The van der Waals surface area contributed by atoms with E-state index in [-0.39, 0.29) is 0 Å². The van der Waals surface area contributed by atoms with Crippen LogP contribution in [0.5, 0.6) is 0 Å². The van der Waals surface area contributed by atoms with Gasteiger partial charge in [-0.25, -0.2) is 9.67 Å². The summed E-state index contributed by atoms with van der Waals surface area (Å²) in [6.45, 7) is 5.89. The van der Waals surface area contributed by atoms with Gasteiger partial charge in [-0.1, -0.05) is 44.2 Å². The van der Waals surface area contributed by atoms with Gasteiger partial charge in [-0.3, -0.25) is 0 Å². The van der Waals surface area contributed by atoms with Gasteiger partial charge < -0.3 is 5.73 Å². The lowest BCUT2D eigenvalue weighted by atomic mass is 9.95. The van der Waals surface area contributed by atoms with Crippen molar-refractivity contribution in [1.29, 1.82) is 0 Å². The van der Waals surface area contributed by atoms with E-state index in [1.54, 1.807) is 6.33 Å². The SMILES string of the molecule is CC(C)Cn1ncnc1CC(CN)c1ccccc1. The summed E-state index contributed by atoms with van der Waals surface area (Å²) >= 11 is 0. The Morgan fingerprint density at radius 2 is 1.95 bits per heavy atom. The molecule has 0 spiro atoms. The molecule has 1 aromatic heterocycles. The van der Waals surface area contributed by atoms with Crippen LogP contribution in [0.1, 0.15) is 31.2 Å². The first kappa shape index (κ1) is 13.7. The van der Waals surface area contributed by atoms with Crippen LogP contribution in [-0.2, 0) is 13.0 Å². The average molecular weight is 258 g/mol. The largest absolute Gasteiger partial charge is 0.330 e. The molecule has 0 fully saturated rings. The summed E-state index contributed by atoms with van der Waals surface area (Å²) in [6, 6.07) is 10.4. The molecular weight excluding hydrogens is 236 g/mol. The van der Waals surface area contributed by atoms with Crippen LogP contribution in [0, 0.1) is 5.92 Å². The third-order valence-electron chi connectivity index (χ3n) is 3.22. The molecule has 1 unspecified atom stereocenters. The summed E-state index contributed by atoms with van der Waals surface area (Å²) in [7, 11) is 0. The molecule has 0 bridgehead atoms. The summed E-state index contributed by atoms with van der Waals surface area (Å²) in [5.74, 6) is 1.89. The minimum absolute atomic E-state index is 0.302. The maximum atomic E-state index is 5.92. The molecule has 19 heavy (non-hydrogen) atoms. The molecule has 2 N–H and O–H groups in total. The van der Waals surface area contributed by atoms with Crippen LogP contribution in [-0.4, -0.2) is 21.3 Å². The number of nitrogens with zero attached hydrogens (tertiary/aromatic N) is 3. The van der Waals surface area contributed by atoms with E-state index < -0.39 is 0 Å². The fraction of sp³-hybridized carbons (Fsp3) is 0.467. The molecule has 0 aliphatic heterocycles. The zero-order chi connectivity index (χ0) is 13.7. The molecule has 0 amide bonds. The number of hydrogen-bond acceptors (Lipinski definition) is 3. The van der Waals surface area contributed by atoms with Gasteiger partial charge >= 0.3 is 0 Å². The van der Waals surface area contributed by atoms with Crippen LogP contribution in [0.4, 0.5) is 0 Å². The minimum Gasteiger partial charge on any atom is -0.330 e. The highest BCUT2D eigenvalue weighted by atomic mass is 15.3. The van der Waals surface area contributed by atoms with Crippen molar-refractivity contribution in [3.8, 4) is 0 Å². The van der Waals surface area contributed by atoms with Gasteiger partial charge in [0.25, 0.3) is 0 Å². The minimum atomic E-state index is 0.302. The first-order valence-corrected chi connectivity index (χ1v) is 6.82. The van der Waals surface area contributed by atoms with Crippen molar-refractivity contribution in [2.24, 2.45) is 11.7 Å². The second-order valence-electron chi connectivity index (χ2n) is 5.30. The summed E-state index contributed by atoms with van der Waals surface area (Å²) < 4.78 is 2.00. The first-order chi connectivity index (χ1) is 9.20. The maximum absolute atomic E-state index is 5.92. The van der Waals surface area contributed by atoms with Gasteiger partial charge in [0, 0.05) is 18.9 Å². The van der Waals surface area contributed by atoms with Crippen LogP contribution in [0.25, 0.3) is 0 Å². The van der Waals surface area contributed by atoms with Gasteiger partial charge in [-0.05, 0) is 18.0 Å². The van der Waals surface area contributed by atoms with E-state index in [1.807, 2.05) is 10.7 Å². The second-order valence-corrected chi connectivity index (χ2v) is 5.30. The molecule has 1 aromatic carbocycles. The Balaban J connectivity index is 2.13. The molecule has 0 aliphatic carbocycles. The Kier molecular flexibility index (Phi) is 4.68. The fourth-order valence-corrected chi connectivity index (χ4v) is 2.23. The molecule has 102 valence electrons. The highest BCUT2D eigenvalue weighted by Crippen LogP contribution is 2.18. The zero-order valence-electron chi connectivity index (χ0n) is 11.7. The van der Waals surface area contributed by atoms with Crippen molar-refractivity contribution >= 4 is 0 Å². The van der Waals surface area contributed by atoms with Crippen LogP contribution in [0.15, 0.2) is 36.7 Å². The van der Waals surface area contributed by atoms with E-state index in [0.29, 0.717) is 18.4 Å². The van der Waals surface area contributed by atoms with Crippen molar-refractivity contribution in [3.63, 3.8) is 0 Å². The lowest BCUT2D eigenvalue weighted by molar-refractivity contribution is 0.459. The van der Waals surface area contributed by atoms with E-state index in [4.69, 9.17) is 5.73 Å². The Morgan fingerprint density at radius 3 is 2.58 bits per heavy atom. The molecule has 2 aromatic rings. The van der Waals surface area contributed by atoms with E-state index >= 15 is 0 Å². The van der Waals surface area contributed by atoms with Crippen LogP contribution >= 0.6 is 0 Å². The van der Waals surface area contributed by atoms with Crippen LogP contribution < -0.4 is 5.73 Å². The second kappa shape index (κ2) is 6.48. The van der Waals surface area contributed by atoms with Crippen molar-refractivity contribution in [2.75, 3.05) is 6.54 Å².